The molecule has 1 heterocycles. The van der Waals surface area contributed by atoms with Gasteiger partial charge in [-0.25, -0.2) is 4.98 Å². The van der Waals surface area contributed by atoms with Crippen molar-refractivity contribution in [3.8, 4) is 0 Å². The molecule has 0 unspecified atom stereocenters. The van der Waals surface area contributed by atoms with E-state index in [9.17, 15) is 0 Å². The molecule has 1 aromatic heterocycles. The Morgan fingerprint density at radius 3 is 1.80 bits per heavy atom. The summed E-state index contributed by atoms with van der Waals surface area (Å²) in [7, 11) is -2.87. The molecule has 0 atom stereocenters. The van der Waals surface area contributed by atoms with E-state index in [-0.39, 0.29) is 0 Å². The third-order valence-electron chi connectivity index (χ3n) is 2.01. The fraction of sp³-hybridized carbons (Fsp3) is 0.667. The Morgan fingerprint density at radius 1 is 0.933 bits per heavy atom. The smallest absolute Gasteiger partial charge is 0.229 e. The summed E-state index contributed by atoms with van der Waals surface area (Å²) in [6, 6.07) is 0. The van der Waals surface area contributed by atoms with E-state index in [0.717, 1.165) is 5.95 Å². The zero-order valence-electron chi connectivity index (χ0n) is 10.4. The summed E-state index contributed by atoms with van der Waals surface area (Å²) in [5.41, 5.74) is 0. The summed E-state index contributed by atoms with van der Waals surface area (Å²) in [6.45, 7) is 13.9. The lowest BCUT2D eigenvalue weighted by atomic mass is 10.9. The van der Waals surface area contributed by atoms with E-state index in [1.807, 2.05) is 0 Å². The zero-order valence-corrected chi connectivity index (χ0v) is 12.4. The Bertz CT molecular complexity index is 301. The monoisotopic (exact) mass is 240 g/mol. The van der Waals surface area contributed by atoms with Gasteiger partial charge in [0.15, 0.2) is 0 Å². The van der Waals surface area contributed by atoms with Gasteiger partial charge < -0.3 is 4.23 Å². The van der Waals surface area contributed by atoms with Crippen molar-refractivity contribution in [3.05, 3.63) is 12.4 Å². The van der Waals surface area contributed by atoms with Crippen LogP contribution in [0.2, 0.25) is 39.3 Å². The van der Waals surface area contributed by atoms with E-state index in [0.29, 0.717) is 0 Å². The molecule has 0 saturated carbocycles. The Hall–Kier alpha value is -0.756. The van der Waals surface area contributed by atoms with Gasteiger partial charge in [0.1, 0.15) is 16.5 Å². The van der Waals surface area contributed by atoms with E-state index in [1.165, 1.54) is 0 Å². The Labute approximate surface area is 93.9 Å². The van der Waals surface area contributed by atoms with Crippen LogP contribution in [0.5, 0.6) is 0 Å². The highest BCUT2D eigenvalue weighted by molar-refractivity contribution is 6.99. The first-order valence-electron chi connectivity index (χ1n) is 5.17. The minimum Gasteiger partial charge on any atom is -0.393 e. The summed E-state index contributed by atoms with van der Waals surface area (Å²) in [4.78, 5) is 4.33. The third-order valence-corrected chi connectivity index (χ3v) is 9.12. The molecule has 0 aromatic carbocycles. The number of anilines is 1. The fourth-order valence-corrected chi connectivity index (χ4v) is 11.4. The van der Waals surface area contributed by atoms with Crippen LogP contribution in [0.3, 0.4) is 0 Å². The molecule has 1 rings (SSSR count). The highest BCUT2D eigenvalue weighted by Gasteiger charge is 2.36. The van der Waals surface area contributed by atoms with E-state index >= 15 is 0 Å². The van der Waals surface area contributed by atoms with Crippen LogP contribution >= 0.6 is 0 Å². The molecule has 0 N–H and O–H groups in total. The maximum Gasteiger partial charge on any atom is 0.229 e. The van der Waals surface area contributed by atoms with E-state index < -0.39 is 16.5 Å². The predicted octanol–water partition coefficient (Wildman–Crippen LogP) is 2.35. The van der Waals surface area contributed by atoms with Gasteiger partial charge in [-0.15, -0.1) is 5.10 Å². The maximum absolute atomic E-state index is 4.33. The lowest BCUT2D eigenvalue weighted by Crippen LogP contribution is -2.60. The van der Waals surface area contributed by atoms with Crippen molar-refractivity contribution in [2.75, 3.05) is 4.23 Å². The average molecular weight is 240 g/mol. The second kappa shape index (κ2) is 4.01. The molecule has 4 nitrogen and oxygen atoms in total. The molecule has 0 fully saturated rings. The van der Waals surface area contributed by atoms with Gasteiger partial charge in [0.05, 0.1) is 12.4 Å². The summed E-state index contributed by atoms with van der Waals surface area (Å²) < 4.78 is 2.45. The first-order valence-corrected chi connectivity index (χ1v) is 12.1. The van der Waals surface area contributed by atoms with Crippen LogP contribution in [0.1, 0.15) is 0 Å². The van der Waals surface area contributed by atoms with Gasteiger partial charge in [-0.05, 0) is 0 Å². The van der Waals surface area contributed by atoms with E-state index in [2.05, 4.69) is 58.7 Å². The largest absolute Gasteiger partial charge is 0.393 e. The number of aromatic nitrogens is 3. The SMILES string of the molecule is C[Si](C)(C)N(c1nccnn1)[Si](C)(C)C. The van der Waals surface area contributed by atoms with Gasteiger partial charge in [0.25, 0.3) is 0 Å². The summed E-state index contributed by atoms with van der Waals surface area (Å²) >= 11 is 0. The van der Waals surface area contributed by atoms with E-state index in [4.69, 9.17) is 0 Å². The molecular weight excluding hydrogens is 220 g/mol. The second-order valence-electron chi connectivity index (χ2n) is 5.62. The molecule has 84 valence electrons. The zero-order chi connectivity index (χ0) is 11.7. The van der Waals surface area contributed by atoms with Gasteiger partial charge in [-0.2, -0.15) is 5.10 Å². The molecule has 6 heteroatoms. The van der Waals surface area contributed by atoms with Crippen LogP contribution in [0.15, 0.2) is 12.4 Å². The highest BCUT2D eigenvalue weighted by Crippen LogP contribution is 2.23. The van der Waals surface area contributed by atoms with Crippen LogP contribution < -0.4 is 4.23 Å². The van der Waals surface area contributed by atoms with Gasteiger partial charge in [-0.1, -0.05) is 39.3 Å². The van der Waals surface area contributed by atoms with Crippen molar-refractivity contribution in [2.45, 2.75) is 39.3 Å². The Morgan fingerprint density at radius 2 is 1.47 bits per heavy atom. The van der Waals surface area contributed by atoms with E-state index in [1.54, 1.807) is 12.4 Å². The first-order chi connectivity index (χ1) is 6.73. The molecule has 0 spiro atoms. The normalized spacial score (nSPS) is 12.7. The first kappa shape index (κ1) is 12.3. The molecule has 15 heavy (non-hydrogen) atoms. The summed E-state index contributed by atoms with van der Waals surface area (Å²) in [5.74, 6) is 0.802. The van der Waals surface area contributed by atoms with Crippen LogP contribution in [-0.2, 0) is 0 Å². The van der Waals surface area contributed by atoms with Crippen LogP contribution in [-0.4, -0.2) is 31.7 Å². The van der Waals surface area contributed by atoms with Crippen molar-refractivity contribution < 1.29 is 0 Å². The predicted molar refractivity (Wildman–Crippen MR) is 69.0 cm³/mol. The third kappa shape index (κ3) is 3.10. The molecule has 0 amide bonds. The number of hydrogen-bond acceptors (Lipinski definition) is 4. The number of rotatable bonds is 3. The molecule has 0 radical (unpaired) electrons. The second-order valence-corrected chi connectivity index (χ2v) is 15.6. The van der Waals surface area contributed by atoms with Crippen molar-refractivity contribution in [3.63, 3.8) is 0 Å². The minimum absolute atomic E-state index is 0.802. The summed E-state index contributed by atoms with van der Waals surface area (Å²) in [5, 5.41) is 8.07. The summed E-state index contributed by atoms with van der Waals surface area (Å²) in [6.07, 6.45) is 3.34. The molecular formula is C9H20N4Si2. The Balaban J connectivity index is 3.15. The van der Waals surface area contributed by atoms with Gasteiger partial charge in [0.2, 0.25) is 5.95 Å². The standard InChI is InChI=1S/C9H20N4Si2/c1-14(2,3)13(15(4,5)6)9-10-7-8-11-12-9/h7-8H,1-6H3. The topological polar surface area (TPSA) is 41.9 Å². The molecule has 0 bridgehead atoms. The van der Waals surface area contributed by atoms with Crippen LogP contribution in [0.25, 0.3) is 0 Å². The van der Waals surface area contributed by atoms with Crippen LogP contribution in [0.4, 0.5) is 5.95 Å². The molecule has 0 aliphatic rings. The molecule has 0 saturated heterocycles. The highest BCUT2D eigenvalue weighted by atomic mass is 28.4. The van der Waals surface area contributed by atoms with Crippen molar-refractivity contribution in [1.82, 2.24) is 15.2 Å². The van der Waals surface area contributed by atoms with Gasteiger partial charge in [0, 0.05) is 0 Å². The number of hydrogen-bond donors (Lipinski definition) is 0. The van der Waals surface area contributed by atoms with Crippen molar-refractivity contribution in [2.24, 2.45) is 0 Å². The molecule has 0 aliphatic heterocycles. The average Bonchev–Trinajstić information content (AvgIpc) is 2.00. The quantitative estimate of drug-likeness (QED) is 0.761. The lowest BCUT2D eigenvalue weighted by Gasteiger charge is -2.43. The molecule has 0 aliphatic carbocycles. The number of nitrogens with zero attached hydrogens (tertiary/aromatic N) is 4. The van der Waals surface area contributed by atoms with Gasteiger partial charge >= 0.3 is 0 Å². The lowest BCUT2D eigenvalue weighted by molar-refractivity contribution is 0.957. The van der Waals surface area contributed by atoms with Crippen molar-refractivity contribution in [1.29, 1.82) is 0 Å². The van der Waals surface area contributed by atoms with Gasteiger partial charge in [-0.3, -0.25) is 0 Å². The Kier molecular flexibility index (Phi) is 3.29. The maximum atomic E-state index is 4.33. The van der Waals surface area contributed by atoms with Crippen molar-refractivity contribution >= 4 is 22.4 Å². The fourth-order valence-electron chi connectivity index (χ4n) is 1.95. The minimum atomic E-state index is -1.43. The molecule has 1 aromatic rings. The van der Waals surface area contributed by atoms with Crippen LogP contribution in [0, 0.1) is 0 Å².